The van der Waals surface area contributed by atoms with Crippen LogP contribution in [0.1, 0.15) is 82.7 Å². The van der Waals surface area contributed by atoms with E-state index in [2.05, 4.69) is 78.4 Å². The molecule has 3 heterocycles. The molecule has 254 valence electrons. The Bertz CT molecular complexity index is 1880. The quantitative estimate of drug-likeness (QED) is 0.124. The molecular formula is C41H46N4O4. The Morgan fingerprint density at radius 1 is 0.898 bits per heavy atom. The highest BCUT2D eigenvalue weighted by atomic mass is 16.4. The summed E-state index contributed by atoms with van der Waals surface area (Å²) >= 11 is 0. The van der Waals surface area contributed by atoms with Crippen molar-refractivity contribution in [1.29, 1.82) is 0 Å². The number of allylic oxidation sites excluding steroid dienone is 2. The number of aromatic carboxylic acids is 1. The summed E-state index contributed by atoms with van der Waals surface area (Å²) in [5.74, 6) is -2.07. The third kappa shape index (κ3) is 8.75. The molecule has 4 aromatic rings. The van der Waals surface area contributed by atoms with Gasteiger partial charge in [0.05, 0.1) is 11.4 Å². The molecule has 0 amide bonds. The zero-order chi connectivity index (χ0) is 34.9. The monoisotopic (exact) mass is 658 g/mol. The molecule has 8 nitrogen and oxygen atoms in total. The van der Waals surface area contributed by atoms with Crippen molar-refractivity contribution < 1.29 is 19.8 Å². The van der Waals surface area contributed by atoms with Gasteiger partial charge in [-0.05, 0) is 124 Å². The molecule has 1 aliphatic rings. The van der Waals surface area contributed by atoms with Crippen LogP contribution >= 0.6 is 0 Å². The van der Waals surface area contributed by atoms with E-state index in [-0.39, 0.29) is 18.5 Å². The number of rotatable bonds is 15. The summed E-state index contributed by atoms with van der Waals surface area (Å²) in [5.41, 5.74) is 11.6. The lowest BCUT2D eigenvalue weighted by Gasteiger charge is -2.23. The van der Waals surface area contributed by atoms with Crippen molar-refractivity contribution in [2.45, 2.75) is 79.2 Å². The van der Waals surface area contributed by atoms with E-state index in [1.165, 1.54) is 28.5 Å². The molecule has 1 aromatic carbocycles. The molecular weight excluding hydrogens is 612 g/mol. The predicted molar refractivity (Wildman–Crippen MR) is 194 cm³/mol. The minimum atomic E-state index is -1.15. The molecule has 0 atom stereocenters. The van der Waals surface area contributed by atoms with E-state index in [0.717, 1.165) is 79.8 Å². The Kier molecular flexibility index (Phi) is 11.9. The van der Waals surface area contributed by atoms with Gasteiger partial charge in [-0.25, -0.2) is 9.78 Å². The van der Waals surface area contributed by atoms with Crippen LogP contribution in [0.25, 0.3) is 22.5 Å². The molecule has 3 aromatic heterocycles. The molecule has 0 spiro atoms. The fourth-order valence-corrected chi connectivity index (χ4v) is 6.70. The molecule has 0 unspecified atom stereocenters. The molecule has 0 radical (unpaired) electrons. The van der Waals surface area contributed by atoms with Crippen LogP contribution in [0.15, 0.2) is 78.7 Å². The van der Waals surface area contributed by atoms with Gasteiger partial charge < -0.3 is 10.2 Å². The zero-order valence-electron chi connectivity index (χ0n) is 29.0. The molecule has 0 fully saturated rings. The standard InChI is InChI=1S/C41H46N4O4/c1-5-12-29(6-2)25-45(26-30-13-8-7-9-14-30)20-11-16-33-22-32-15-10-17-34(32)39(44-33)36-24-43-38(28(4)27(36)3)35-21-31(18-19-37(46)47)23-42-40(35)41(48)49/h5-9,12-14,21-24H,10-11,15-20,25-26H2,1-4H3,(H,46,47)(H,48,49). The van der Waals surface area contributed by atoms with Crippen molar-refractivity contribution in [2.24, 2.45) is 0 Å². The van der Waals surface area contributed by atoms with E-state index in [0.29, 0.717) is 16.8 Å². The van der Waals surface area contributed by atoms with E-state index in [9.17, 15) is 14.7 Å². The highest BCUT2D eigenvalue weighted by molar-refractivity contribution is 5.94. The fourth-order valence-electron chi connectivity index (χ4n) is 6.70. The highest BCUT2D eigenvalue weighted by Crippen LogP contribution is 2.37. The van der Waals surface area contributed by atoms with E-state index >= 15 is 0 Å². The van der Waals surface area contributed by atoms with Crippen molar-refractivity contribution in [3.05, 3.63) is 123 Å². The van der Waals surface area contributed by atoms with Gasteiger partial charge in [0.25, 0.3) is 0 Å². The first-order valence-corrected chi connectivity index (χ1v) is 17.1. The summed E-state index contributed by atoms with van der Waals surface area (Å²) < 4.78 is 0. The maximum atomic E-state index is 12.1. The van der Waals surface area contributed by atoms with Crippen LogP contribution in [0.5, 0.6) is 0 Å². The van der Waals surface area contributed by atoms with Crippen molar-refractivity contribution in [3.63, 3.8) is 0 Å². The summed E-state index contributed by atoms with van der Waals surface area (Å²) in [4.78, 5) is 40.1. The largest absolute Gasteiger partial charge is 0.481 e. The average molecular weight is 659 g/mol. The Balaban J connectivity index is 1.42. The number of hydrogen-bond acceptors (Lipinski definition) is 6. The van der Waals surface area contributed by atoms with Gasteiger partial charge in [-0.15, -0.1) is 0 Å². The van der Waals surface area contributed by atoms with E-state index in [4.69, 9.17) is 15.1 Å². The number of carboxylic acid groups (broad SMARTS) is 2. The maximum absolute atomic E-state index is 12.1. The predicted octanol–water partition coefficient (Wildman–Crippen LogP) is 7.98. The first-order chi connectivity index (χ1) is 23.7. The number of aliphatic carboxylic acids is 1. The number of carbonyl (C=O) groups is 2. The van der Waals surface area contributed by atoms with Crippen molar-refractivity contribution in [2.75, 3.05) is 13.1 Å². The SMILES string of the molecule is CC=CC(=CC)CN(CCCc1cc2c(c(-c3cnc(-c4cc(CCC(=O)O)cnc4C(=O)O)c(C)c3C)n1)CCC2)Cc1ccccc1. The van der Waals surface area contributed by atoms with Crippen LogP contribution in [0.2, 0.25) is 0 Å². The lowest BCUT2D eigenvalue weighted by atomic mass is 9.93. The van der Waals surface area contributed by atoms with Gasteiger partial charge in [0.15, 0.2) is 5.69 Å². The van der Waals surface area contributed by atoms with Crippen LogP contribution in [-0.4, -0.2) is 55.1 Å². The van der Waals surface area contributed by atoms with Gasteiger partial charge in [-0.1, -0.05) is 48.6 Å². The van der Waals surface area contributed by atoms with Crippen molar-refractivity contribution in [1.82, 2.24) is 19.9 Å². The Morgan fingerprint density at radius 2 is 1.69 bits per heavy atom. The molecule has 0 aliphatic heterocycles. The normalized spacial score (nSPS) is 13.0. The molecule has 0 saturated carbocycles. The van der Waals surface area contributed by atoms with E-state index in [1.807, 2.05) is 20.0 Å². The average Bonchev–Trinajstić information content (AvgIpc) is 3.57. The summed E-state index contributed by atoms with van der Waals surface area (Å²) in [6, 6.07) is 14.6. The summed E-state index contributed by atoms with van der Waals surface area (Å²) in [7, 11) is 0. The Hall–Kier alpha value is -4.95. The molecule has 1 aliphatic carbocycles. The van der Waals surface area contributed by atoms with Crippen molar-refractivity contribution in [3.8, 4) is 22.5 Å². The van der Waals surface area contributed by atoms with Crippen molar-refractivity contribution >= 4 is 11.9 Å². The first-order valence-electron chi connectivity index (χ1n) is 17.1. The molecule has 8 heteroatoms. The second-order valence-corrected chi connectivity index (χ2v) is 12.8. The van der Waals surface area contributed by atoms with Crippen LogP contribution in [0.4, 0.5) is 0 Å². The number of carboxylic acids is 2. The number of pyridine rings is 3. The highest BCUT2D eigenvalue weighted by Gasteiger charge is 2.24. The Morgan fingerprint density at radius 3 is 2.41 bits per heavy atom. The van der Waals surface area contributed by atoms with Gasteiger partial charge in [0, 0.05) is 48.7 Å². The van der Waals surface area contributed by atoms with Gasteiger partial charge in [0.1, 0.15) is 0 Å². The molecule has 5 rings (SSSR count). The fraction of sp³-hybridized carbons (Fsp3) is 0.341. The van der Waals surface area contributed by atoms with Crippen LogP contribution in [0.3, 0.4) is 0 Å². The zero-order valence-corrected chi connectivity index (χ0v) is 29.0. The smallest absolute Gasteiger partial charge is 0.355 e. The van der Waals surface area contributed by atoms with Crippen LogP contribution < -0.4 is 0 Å². The minimum Gasteiger partial charge on any atom is -0.481 e. The van der Waals surface area contributed by atoms with Crippen LogP contribution in [-0.2, 0) is 37.0 Å². The molecule has 0 saturated heterocycles. The van der Waals surface area contributed by atoms with Crippen LogP contribution in [0, 0.1) is 13.8 Å². The van der Waals surface area contributed by atoms with E-state index in [1.54, 1.807) is 6.07 Å². The lowest BCUT2D eigenvalue weighted by molar-refractivity contribution is -0.136. The maximum Gasteiger partial charge on any atom is 0.355 e. The third-order valence-corrected chi connectivity index (χ3v) is 9.39. The summed E-state index contributed by atoms with van der Waals surface area (Å²) in [6.07, 6.45) is 14.8. The molecule has 0 bridgehead atoms. The first kappa shape index (κ1) is 35.4. The topological polar surface area (TPSA) is 117 Å². The summed E-state index contributed by atoms with van der Waals surface area (Å²) in [6.45, 7) is 10.9. The van der Waals surface area contributed by atoms with Gasteiger partial charge in [-0.2, -0.15) is 0 Å². The number of aromatic nitrogens is 3. The minimum absolute atomic E-state index is 0.0664. The molecule has 2 N–H and O–H groups in total. The van der Waals surface area contributed by atoms with Gasteiger partial charge >= 0.3 is 11.9 Å². The van der Waals surface area contributed by atoms with Gasteiger partial charge in [-0.3, -0.25) is 19.7 Å². The number of hydrogen-bond donors (Lipinski definition) is 2. The number of nitrogens with zero attached hydrogens (tertiary/aromatic N) is 4. The Labute approximate surface area is 289 Å². The number of aryl methyl sites for hydroxylation is 3. The lowest BCUT2D eigenvalue weighted by Crippen LogP contribution is -2.27. The second kappa shape index (κ2) is 16.4. The second-order valence-electron chi connectivity index (χ2n) is 12.8. The number of benzene rings is 1. The van der Waals surface area contributed by atoms with E-state index < -0.39 is 11.9 Å². The van der Waals surface area contributed by atoms with Gasteiger partial charge in [0.2, 0.25) is 0 Å². The summed E-state index contributed by atoms with van der Waals surface area (Å²) in [5, 5.41) is 19.1. The third-order valence-electron chi connectivity index (χ3n) is 9.39. The number of fused-ring (bicyclic) bond motifs is 1. The molecule has 49 heavy (non-hydrogen) atoms.